The van der Waals surface area contributed by atoms with Crippen LogP contribution in [0.15, 0.2) is 52.9 Å². The van der Waals surface area contributed by atoms with E-state index in [-0.39, 0.29) is 5.91 Å². The summed E-state index contributed by atoms with van der Waals surface area (Å²) >= 11 is 0. The Morgan fingerprint density at radius 3 is 2.04 bits per heavy atom. The number of nitrogens with one attached hydrogen (secondary N) is 1. The minimum atomic E-state index is -0.0256. The standard InChI is InChI=1S/C18H17N3O3/c1-3-16(22)19-14-8-4-12(5-9-14)17-20-21-18(24-17)13-6-10-15(23-2)11-7-13/h4-11H,3H2,1-2H3,(H,19,22). The lowest BCUT2D eigenvalue weighted by atomic mass is 10.2. The molecule has 3 aromatic rings. The second-order valence-electron chi connectivity index (χ2n) is 5.12. The zero-order chi connectivity index (χ0) is 16.9. The van der Waals surface area contributed by atoms with Crippen LogP contribution in [0.1, 0.15) is 13.3 Å². The van der Waals surface area contributed by atoms with Crippen molar-refractivity contribution >= 4 is 11.6 Å². The highest BCUT2D eigenvalue weighted by atomic mass is 16.5. The minimum Gasteiger partial charge on any atom is -0.497 e. The Kier molecular flexibility index (Phi) is 4.56. The molecule has 1 N–H and O–H groups in total. The van der Waals surface area contributed by atoms with E-state index in [2.05, 4.69) is 15.5 Å². The van der Waals surface area contributed by atoms with Crippen molar-refractivity contribution < 1.29 is 13.9 Å². The lowest BCUT2D eigenvalue weighted by molar-refractivity contribution is -0.115. The van der Waals surface area contributed by atoms with E-state index in [1.54, 1.807) is 19.2 Å². The van der Waals surface area contributed by atoms with E-state index in [0.717, 1.165) is 22.6 Å². The van der Waals surface area contributed by atoms with Gasteiger partial charge in [0.25, 0.3) is 0 Å². The molecule has 0 unspecified atom stereocenters. The van der Waals surface area contributed by atoms with Crippen molar-refractivity contribution in [3.05, 3.63) is 48.5 Å². The lowest BCUT2D eigenvalue weighted by Gasteiger charge is -2.03. The smallest absolute Gasteiger partial charge is 0.248 e. The Hall–Kier alpha value is -3.15. The van der Waals surface area contributed by atoms with Gasteiger partial charge in [0.05, 0.1) is 7.11 Å². The number of carbonyl (C=O) groups is 1. The first-order valence-electron chi connectivity index (χ1n) is 7.58. The van der Waals surface area contributed by atoms with Gasteiger partial charge in [-0.05, 0) is 48.5 Å². The van der Waals surface area contributed by atoms with Gasteiger partial charge in [-0.2, -0.15) is 0 Å². The van der Waals surface area contributed by atoms with Crippen molar-refractivity contribution in [2.75, 3.05) is 12.4 Å². The van der Waals surface area contributed by atoms with Crippen LogP contribution in [0.5, 0.6) is 5.75 Å². The molecule has 6 nitrogen and oxygen atoms in total. The van der Waals surface area contributed by atoms with Gasteiger partial charge in [0.1, 0.15) is 5.75 Å². The number of ether oxygens (including phenoxy) is 1. The third-order valence-corrected chi connectivity index (χ3v) is 3.50. The molecule has 3 rings (SSSR count). The maximum absolute atomic E-state index is 11.4. The van der Waals surface area contributed by atoms with Crippen molar-refractivity contribution in [1.29, 1.82) is 0 Å². The second kappa shape index (κ2) is 6.95. The van der Waals surface area contributed by atoms with Gasteiger partial charge in [-0.1, -0.05) is 6.92 Å². The third kappa shape index (κ3) is 3.43. The highest BCUT2D eigenvalue weighted by Crippen LogP contribution is 2.26. The summed E-state index contributed by atoms with van der Waals surface area (Å²) in [6.45, 7) is 1.81. The highest BCUT2D eigenvalue weighted by Gasteiger charge is 2.11. The zero-order valence-corrected chi connectivity index (χ0v) is 13.4. The van der Waals surface area contributed by atoms with Crippen molar-refractivity contribution in [2.24, 2.45) is 0 Å². The van der Waals surface area contributed by atoms with E-state index in [1.165, 1.54) is 0 Å². The second-order valence-corrected chi connectivity index (χ2v) is 5.12. The predicted octanol–water partition coefficient (Wildman–Crippen LogP) is 3.76. The first kappa shape index (κ1) is 15.7. The molecule has 1 aromatic heterocycles. The fourth-order valence-corrected chi connectivity index (χ4v) is 2.14. The highest BCUT2D eigenvalue weighted by molar-refractivity contribution is 5.90. The molecule has 1 amide bonds. The predicted molar refractivity (Wildman–Crippen MR) is 90.6 cm³/mol. The first-order valence-corrected chi connectivity index (χ1v) is 7.58. The molecule has 6 heteroatoms. The molecule has 2 aromatic carbocycles. The molecule has 0 radical (unpaired) electrons. The Bertz CT molecular complexity index is 823. The van der Waals surface area contributed by atoms with Gasteiger partial charge in [0.15, 0.2) is 0 Å². The Morgan fingerprint density at radius 2 is 1.54 bits per heavy atom. The number of carbonyl (C=O) groups excluding carboxylic acids is 1. The molecule has 1 heterocycles. The van der Waals surface area contributed by atoms with Gasteiger partial charge in [0, 0.05) is 23.2 Å². The number of hydrogen-bond acceptors (Lipinski definition) is 5. The van der Waals surface area contributed by atoms with Gasteiger partial charge in [-0.3, -0.25) is 4.79 Å². The van der Waals surface area contributed by atoms with E-state index >= 15 is 0 Å². The summed E-state index contributed by atoms with van der Waals surface area (Å²) in [7, 11) is 1.62. The van der Waals surface area contributed by atoms with Gasteiger partial charge < -0.3 is 14.5 Å². The Morgan fingerprint density at radius 1 is 1.00 bits per heavy atom. The van der Waals surface area contributed by atoms with Crippen LogP contribution in [0.25, 0.3) is 22.9 Å². The molecule has 0 saturated heterocycles. The molecule has 0 spiro atoms. The monoisotopic (exact) mass is 323 g/mol. The minimum absolute atomic E-state index is 0.0256. The quantitative estimate of drug-likeness (QED) is 0.773. The van der Waals surface area contributed by atoms with E-state index in [1.807, 2.05) is 43.3 Å². The first-order chi connectivity index (χ1) is 11.7. The topological polar surface area (TPSA) is 77.2 Å². The number of nitrogens with zero attached hydrogens (tertiary/aromatic N) is 2. The van der Waals surface area contributed by atoms with E-state index in [0.29, 0.717) is 18.2 Å². The Labute approximate surface area is 139 Å². The van der Waals surface area contributed by atoms with Crippen LogP contribution in [0, 0.1) is 0 Å². The van der Waals surface area contributed by atoms with Crippen LogP contribution in [-0.2, 0) is 4.79 Å². The van der Waals surface area contributed by atoms with Gasteiger partial charge >= 0.3 is 0 Å². The molecule has 122 valence electrons. The molecular weight excluding hydrogens is 306 g/mol. The SMILES string of the molecule is CCC(=O)Nc1ccc(-c2nnc(-c3ccc(OC)cc3)o2)cc1. The van der Waals surface area contributed by atoms with Crippen LogP contribution >= 0.6 is 0 Å². The van der Waals surface area contributed by atoms with E-state index in [4.69, 9.17) is 9.15 Å². The summed E-state index contributed by atoms with van der Waals surface area (Å²) in [4.78, 5) is 11.4. The van der Waals surface area contributed by atoms with Crippen molar-refractivity contribution in [2.45, 2.75) is 13.3 Å². The Balaban J connectivity index is 1.78. The largest absolute Gasteiger partial charge is 0.497 e. The maximum atomic E-state index is 11.4. The summed E-state index contributed by atoms with van der Waals surface area (Å²) in [6, 6.07) is 14.7. The van der Waals surface area contributed by atoms with Gasteiger partial charge in [-0.25, -0.2) is 0 Å². The van der Waals surface area contributed by atoms with E-state index < -0.39 is 0 Å². The molecule has 0 atom stereocenters. The van der Waals surface area contributed by atoms with Gasteiger partial charge in [-0.15, -0.1) is 10.2 Å². The fourth-order valence-electron chi connectivity index (χ4n) is 2.14. The molecule has 24 heavy (non-hydrogen) atoms. The normalized spacial score (nSPS) is 10.4. The molecule has 0 aliphatic rings. The van der Waals surface area contributed by atoms with Crippen LogP contribution in [0.2, 0.25) is 0 Å². The molecule has 0 aliphatic heterocycles. The molecule has 0 aliphatic carbocycles. The van der Waals surface area contributed by atoms with Crippen LogP contribution < -0.4 is 10.1 Å². The van der Waals surface area contributed by atoms with E-state index in [9.17, 15) is 4.79 Å². The average Bonchev–Trinajstić information content (AvgIpc) is 3.12. The molecule has 0 bridgehead atoms. The zero-order valence-electron chi connectivity index (χ0n) is 13.4. The lowest BCUT2D eigenvalue weighted by Crippen LogP contribution is -2.08. The molecule has 0 saturated carbocycles. The maximum Gasteiger partial charge on any atom is 0.248 e. The number of anilines is 1. The third-order valence-electron chi connectivity index (χ3n) is 3.50. The number of benzene rings is 2. The van der Waals surface area contributed by atoms with Gasteiger partial charge in [0.2, 0.25) is 17.7 Å². The van der Waals surface area contributed by atoms with Crippen LogP contribution in [-0.4, -0.2) is 23.2 Å². The number of aromatic nitrogens is 2. The summed E-state index contributed by atoms with van der Waals surface area (Å²) in [6.07, 6.45) is 0.441. The number of amides is 1. The van der Waals surface area contributed by atoms with Crippen molar-refractivity contribution in [3.63, 3.8) is 0 Å². The summed E-state index contributed by atoms with van der Waals surface area (Å²) < 4.78 is 10.9. The summed E-state index contributed by atoms with van der Waals surface area (Å²) in [5.41, 5.74) is 2.35. The van der Waals surface area contributed by atoms with Crippen LogP contribution in [0.4, 0.5) is 5.69 Å². The molecular formula is C18H17N3O3. The number of methoxy groups -OCH3 is 1. The van der Waals surface area contributed by atoms with Crippen molar-refractivity contribution in [3.8, 4) is 28.7 Å². The molecule has 0 fully saturated rings. The van der Waals surface area contributed by atoms with Crippen molar-refractivity contribution in [1.82, 2.24) is 10.2 Å². The number of rotatable bonds is 5. The summed E-state index contributed by atoms with van der Waals surface area (Å²) in [5, 5.41) is 10.9. The summed E-state index contributed by atoms with van der Waals surface area (Å²) in [5.74, 6) is 1.61. The number of hydrogen-bond donors (Lipinski definition) is 1. The average molecular weight is 323 g/mol. The fraction of sp³-hybridized carbons (Fsp3) is 0.167. The van der Waals surface area contributed by atoms with Crippen LogP contribution in [0.3, 0.4) is 0 Å².